The summed E-state index contributed by atoms with van der Waals surface area (Å²) in [6.07, 6.45) is 1.47. The van der Waals surface area contributed by atoms with Crippen LogP contribution in [0.5, 0.6) is 0 Å². The Morgan fingerprint density at radius 3 is 2.88 bits per heavy atom. The van der Waals surface area contributed by atoms with Crippen LogP contribution in [0.4, 0.5) is 0 Å². The van der Waals surface area contributed by atoms with Crippen molar-refractivity contribution >= 4 is 12.3 Å². The minimum Gasteiger partial charge on any atom is -0.432 e. The molecule has 44 valence electrons. The Kier molecular flexibility index (Phi) is 1.28. The van der Waals surface area contributed by atoms with Crippen molar-refractivity contribution in [1.29, 1.82) is 0 Å². The molecule has 3 nitrogen and oxygen atoms in total. The summed E-state index contributed by atoms with van der Waals surface area (Å²) in [6.45, 7) is 3.71. The molecule has 1 atom stereocenters. The molecular weight excluding hydrogens is 104 g/mol. The van der Waals surface area contributed by atoms with Gasteiger partial charge in [-0.15, -0.1) is 0 Å². The van der Waals surface area contributed by atoms with Crippen LogP contribution in [-0.2, 0) is 4.74 Å². The second-order valence-corrected chi connectivity index (χ2v) is 1.65. The van der Waals surface area contributed by atoms with Crippen molar-refractivity contribution in [1.82, 2.24) is 0 Å². The lowest BCUT2D eigenvalue weighted by atomic mass is 10.6. The van der Waals surface area contributed by atoms with Gasteiger partial charge in [0.25, 0.3) is 0 Å². The van der Waals surface area contributed by atoms with E-state index in [1.165, 1.54) is 6.40 Å². The molecule has 1 rings (SSSR count). The van der Waals surface area contributed by atoms with E-state index in [2.05, 4.69) is 9.98 Å². The minimum absolute atomic E-state index is 0.0451. The van der Waals surface area contributed by atoms with Crippen molar-refractivity contribution in [3.63, 3.8) is 0 Å². The van der Waals surface area contributed by atoms with Crippen molar-refractivity contribution in [3.05, 3.63) is 0 Å². The first-order valence-electron chi connectivity index (χ1n) is 2.52. The van der Waals surface area contributed by atoms with E-state index in [0.717, 1.165) is 0 Å². The zero-order valence-electron chi connectivity index (χ0n) is 4.96. The van der Waals surface area contributed by atoms with Gasteiger partial charge in [0.1, 0.15) is 6.17 Å². The lowest BCUT2D eigenvalue weighted by Crippen LogP contribution is -2.09. The maximum atomic E-state index is 4.81. The van der Waals surface area contributed by atoms with Crippen molar-refractivity contribution in [2.45, 2.75) is 20.0 Å². The summed E-state index contributed by atoms with van der Waals surface area (Å²) < 4.78 is 4.81. The third kappa shape index (κ3) is 1.05. The quantitative estimate of drug-likeness (QED) is 0.456. The molecule has 0 amide bonds. The van der Waals surface area contributed by atoms with E-state index in [1.54, 1.807) is 0 Å². The molecule has 0 bridgehead atoms. The van der Waals surface area contributed by atoms with Crippen molar-refractivity contribution in [3.8, 4) is 0 Å². The normalized spacial score (nSPS) is 26.8. The molecule has 0 aromatic heterocycles. The Bertz CT molecular complexity index is 139. The Hall–Kier alpha value is -0.860. The third-order valence-corrected chi connectivity index (χ3v) is 0.868. The topological polar surface area (TPSA) is 34.0 Å². The van der Waals surface area contributed by atoms with Crippen molar-refractivity contribution in [2.75, 3.05) is 0 Å². The fourth-order valence-corrected chi connectivity index (χ4v) is 0.522. The van der Waals surface area contributed by atoms with Gasteiger partial charge in [-0.3, -0.25) is 0 Å². The van der Waals surface area contributed by atoms with E-state index >= 15 is 0 Å². The lowest BCUT2D eigenvalue weighted by Gasteiger charge is -2.06. The average molecular weight is 112 g/mol. The molecule has 1 aliphatic rings. The first-order valence-corrected chi connectivity index (χ1v) is 2.52. The standard InChI is InChI=1S/C5H8N2O/c1-4-6-3-8-5(2)7-4/h3-4H,1-2H3. The summed E-state index contributed by atoms with van der Waals surface area (Å²) in [4.78, 5) is 7.82. The zero-order valence-corrected chi connectivity index (χ0v) is 4.96. The fourth-order valence-electron chi connectivity index (χ4n) is 0.522. The Balaban J connectivity index is 2.60. The molecule has 3 heteroatoms. The highest BCUT2D eigenvalue weighted by atomic mass is 16.5. The van der Waals surface area contributed by atoms with Crippen LogP contribution in [-0.4, -0.2) is 18.5 Å². The maximum absolute atomic E-state index is 4.81. The van der Waals surface area contributed by atoms with Crippen LogP contribution in [0.1, 0.15) is 13.8 Å². The van der Waals surface area contributed by atoms with Gasteiger partial charge in [-0.05, 0) is 6.92 Å². The van der Waals surface area contributed by atoms with Gasteiger partial charge in [0, 0.05) is 6.92 Å². The summed E-state index contributed by atoms with van der Waals surface area (Å²) in [7, 11) is 0. The van der Waals surface area contributed by atoms with E-state index in [1.807, 2.05) is 13.8 Å². The summed E-state index contributed by atoms with van der Waals surface area (Å²) in [5.74, 6) is 0.688. The smallest absolute Gasteiger partial charge is 0.190 e. The Morgan fingerprint density at radius 1 is 1.75 bits per heavy atom. The molecule has 1 unspecified atom stereocenters. The number of hydrogen-bond donors (Lipinski definition) is 0. The molecule has 0 aromatic rings. The third-order valence-electron chi connectivity index (χ3n) is 0.868. The predicted molar refractivity (Wildman–Crippen MR) is 32.1 cm³/mol. The van der Waals surface area contributed by atoms with Crippen LogP contribution in [0.2, 0.25) is 0 Å². The van der Waals surface area contributed by atoms with Crippen LogP contribution in [0.25, 0.3) is 0 Å². The first kappa shape index (κ1) is 5.28. The Morgan fingerprint density at radius 2 is 2.50 bits per heavy atom. The fraction of sp³-hybridized carbons (Fsp3) is 0.600. The highest BCUT2D eigenvalue weighted by Gasteiger charge is 1.99. The van der Waals surface area contributed by atoms with Gasteiger partial charge in [-0.2, -0.15) is 0 Å². The van der Waals surface area contributed by atoms with E-state index < -0.39 is 0 Å². The zero-order chi connectivity index (χ0) is 5.98. The lowest BCUT2D eigenvalue weighted by molar-refractivity contribution is 0.521. The second-order valence-electron chi connectivity index (χ2n) is 1.65. The highest BCUT2D eigenvalue weighted by Crippen LogP contribution is 1.96. The van der Waals surface area contributed by atoms with Gasteiger partial charge in [-0.25, -0.2) is 9.98 Å². The molecule has 0 spiro atoms. The molecule has 0 aromatic carbocycles. The monoisotopic (exact) mass is 112 g/mol. The molecule has 1 aliphatic heterocycles. The molecule has 8 heavy (non-hydrogen) atoms. The summed E-state index contributed by atoms with van der Waals surface area (Å²) in [6, 6.07) is 0. The predicted octanol–water partition coefficient (Wildman–Crippen LogP) is 0.809. The highest BCUT2D eigenvalue weighted by molar-refractivity contribution is 5.82. The van der Waals surface area contributed by atoms with Gasteiger partial charge in [-0.1, -0.05) is 0 Å². The van der Waals surface area contributed by atoms with Gasteiger partial charge in [0.15, 0.2) is 12.3 Å². The van der Waals surface area contributed by atoms with Crippen LogP contribution in [0.3, 0.4) is 0 Å². The van der Waals surface area contributed by atoms with E-state index in [-0.39, 0.29) is 6.17 Å². The van der Waals surface area contributed by atoms with Gasteiger partial charge in [0.2, 0.25) is 0 Å². The van der Waals surface area contributed by atoms with Crippen LogP contribution < -0.4 is 0 Å². The number of hydrogen-bond acceptors (Lipinski definition) is 3. The van der Waals surface area contributed by atoms with E-state index in [9.17, 15) is 0 Å². The molecule has 0 radical (unpaired) electrons. The molecule has 0 fully saturated rings. The molecule has 0 saturated heterocycles. The maximum Gasteiger partial charge on any atom is 0.190 e. The van der Waals surface area contributed by atoms with Crippen LogP contribution >= 0.6 is 0 Å². The molecule has 0 saturated carbocycles. The SMILES string of the molecule is CC1=NC(C)N=CO1. The van der Waals surface area contributed by atoms with Crippen molar-refractivity contribution in [2.24, 2.45) is 9.98 Å². The summed E-state index contributed by atoms with van der Waals surface area (Å²) in [5.41, 5.74) is 0. The van der Waals surface area contributed by atoms with Gasteiger partial charge < -0.3 is 4.74 Å². The van der Waals surface area contributed by atoms with Crippen LogP contribution in [0.15, 0.2) is 9.98 Å². The van der Waals surface area contributed by atoms with Crippen molar-refractivity contribution < 1.29 is 4.74 Å². The molecule has 0 aliphatic carbocycles. The first-order chi connectivity index (χ1) is 3.79. The average Bonchev–Trinajstić information content (AvgIpc) is 1.64. The Labute approximate surface area is 48.1 Å². The number of aliphatic imine (C=N–C) groups is 2. The molecular formula is C5H8N2O. The second kappa shape index (κ2) is 1.94. The number of nitrogens with zero attached hydrogens (tertiary/aromatic N) is 2. The van der Waals surface area contributed by atoms with Crippen LogP contribution in [0, 0.1) is 0 Å². The van der Waals surface area contributed by atoms with Gasteiger partial charge >= 0.3 is 0 Å². The summed E-state index contributed by atoms with van der Waals surface area (Å²) >= 11 is 0. The van der Waals surface area contributed by atoms with E-state index in [4.69, 9.17) is 4.74 Å². The van der Waals surface area contributed by atoms with Gasteiger partial charge in [0.05, 0.1) is 0 Å². The number of ether oxygens (including phenoxy) is 1. The summed E-state index contributed by atoms with van der Waals surface area (Å²) in [5, 5.41) is 0. The van der Waals surface area contributed by atoms with E-state index in [0.29, 0.717) is 5.90 Å². The molecule has 1 heterocycles. The minimum atomic E-state index is 0.0451. The largest absolute Gasteiger partial charge is 0.432 e. The molecule has 0 N–H and O–H groups in total. The number of rotatable bonds is 0.